The predicted molar refractivity (Wildman–Crippen MR) is 75.0 cm³/mol. The van der Waals surface area contributed by atoms with Crippen LogP contribution in [0.25, 0.3) is 0 Å². The zero-order valence-electron chi connectivity index (χ0n) is 11.9. The molecule has 0 amide bonds. The Morgan fingerprint density at radius 1 is 1.33 bits per heavy atom. The highest BCUT2D eigenvalue weighted by Gasteiger charge is 2.15. The molecule has 1 aromatic carbocycles. The number of hydrogen-bond donors (Lipinski definition) is 2. The van der Waals surface area contributed by atoms with Crippen LogP contribution >= 0.6 is 0 Å². The van der Waals surface area contributed by atoms with Crippen molar-refractivity contribution in [2.24, 2.45) is 0 Å². The van der Waals surface area contributed by atoms with Gasteiger partial charge in [-0.1, -0.05) is 19.1 Å². The number of rotatable bonds is 7. The van der Waals surface area contributed by atoms with Gasteiger partial charge in [0.05, 0.1) is 7.11 Å². The van der Waals surface area contributed by atoms with Gasteiger partial charge < -0.3 is 15.2 Å². The molecule has 3 heteroatoms. The maximum Gasteiger partial charge on any atom is 0.122 e. The normalized spacial score (nSPS) is 11.6. The zero-order valence-corrected chi connectivity index (χ0v) is 11.9. The average molecular weight is 251 g/mol. The highest BCUT2D eigenvalue weighted by Crippen LogP contribution is 2.20. The first kappa shape index (κ1) is 15.0. The molecular formula is C15H25NO2. The summed E-state index contributed by atoms with van der Waals surface area (Å²) in [4.78, 5) is 0. The van der Waals surface area contributed by atoms with Crippen molar-refractivity contribution < 1.29 is 9.84 Å². The van der Waals surface area contributed by atoms with E-state index in [-0.39, 0.29) is 12.1 Å². The lowest BCUT2D eigenvalue weighted by molar-refractivity contribution is 0.230. The van der Waals surface area contributed by atoms with Crippen molar-refractivity contribution >= 4 is 0 Å². The molecule has 1 aromatic rings. The topological polar surface area (TPSA) is 41.5 Å². The van der Waals surface area contributed by atoms with Crippen molar-refractivity contribution in [2.75, 3.05) is 13.7 Å². The minimum Gasteiger partial charge on any atom is -0.496 e. The van der Waals surface area contributed by atoms with Crippen LogP contribution in [0.4, 0.5) is 0 Å². The van der Waals surface area contributed by atoms with Gasteiger partial charge in [-0.25, -0.2) is 0 Å². The Morgan fingerprint density at radius 2 is 2.06 bits per heavy atom. The number of benzene rings is 1. The van der Waals surface area contributed by atoms with E-state index in [4.69, 9.17) is 9.84 Å². The Hall–Kier alpha value is -1.06. The van der Waals surface area contributed by atoms with Gasteiger partial charge in [-0.15, -0.1) is 0 Å². The quantitative estimate of drug-likeness (QED) is 0.782. The van der Waals surface area contributed by atoms with Crippen molar-refractivity contribution in [1.82, 2.24) is 5.32 Å². The summed E-state index contributed by atoms with van der Waals surface area (Å²) >= 11 is 0. The van der Waals surface area contributed by atoms with E-state index in [0.717, 1.165) is 25.1 Å². The van der Waals surface area contributed by atoms with Crippen molar-refractivity contribution in [3.05, 3.63) is 29.3 Å². The van der Waals surface area contributed by atoms with Crippen LogP contribution in [0.3, 0.4) is 0 Å². The van der Waals surface area contributed by atoms with Crippen LogP contribution in [0.1, 0.15) is 38.3 Å². The van der Waals surface area contributed by atoms with Gasteiger partial charge in [0.25, 0.3) is 0 Å². The molecule has 0 aromatic heterocycles. The molecule has 0 saturated carbocycles. The standard InChI is InChI=1S/C15H25NO2/c1-5-13-10-12(6-7-14(13)18-4)11-16-15(2,3)8-9-17/h6-7,10,16-17H,5,8-9,11H2,1-4H3. The molecule has 0 spiro atoms. The van der Waals surface area contributed by atoms with Gasteiger partial charge in [0, 0.05) is 18.7 Å². The van der Waals surface area contributed by atoms with Gasteiger partial charge >= 0.3 is 0 Å². The van der Waals surface area contributed by atoms with E-state index >= 15 is 0 Å². The average Bonchev–Trinajstić information content (AvgIpc) is 2.36. The van der Waals surface area contributed by atoms with Gasteiger partial charge in [0.15, 0.2) is 0 Å². The zero-order chi connectivity index (χ0) is 13.6. The first-order chi connectivity index (χ1) is 8.52. The van der Waals surface area contributed by atoms with Crippen LogP contribution in [-0.4, -0.2) is 24.4 Å². The van der Waals surface area contributed by atoms with Crippen molar-refractivity contribution in [2.45, 2.75) is 45.7 Å². The third kappa shape index (κ3) is 4.31. The first-order valence-electron chi connectivity index (χ1n) is 6.54. The van der Waals surface area contributed by atoms with Gasteiger partial charge in [0.2, 0.25) is 0 Å². The van der Waals surface area contributed by atoms with Crippen molar-refractivity contribution in [3.63, 3.8) is 0 Å². The molecule has 0 bridgehead atoms. The maximum atomic E-state index is 8.99. The van der Waals surface area contributed by atoms with E-state index in [9.17, 15) is 0 Å². The van der Waals surface area contributed by atoms with Gasteiger partial charge in [0.1, 0.15) is 5.75 Å². The Kier molecular flexibility index (Phi) is 5.63. The van der Waals surface area contributed by atoms with Gasteiger partial charge in [-0.2, -0.15) is 0 Å². The van der Waals surface area contributed by atoms with Crippen LogP contribution in [0.15, 0.2) is 18.2 Å². The molecule has 0 fully saturated rings. The molecule has 0 heterocycles. The monoisotopic (exact) mass is 251 g/mol. The smallest absolute Gasteiger partial charge is 0.122 e. The molecule has 18 heavy (non-hydrogen) atoms. The SMILES string of the molecule is CCc1cc(CNC(C)(C)CCO)ccc1OC. The third-order valence-electron chi connectivity index (χ3n) is 3.23. The van der Waals surface area contributed by atoms with E-state index in [2.05, 4.69) is 38.2 Å². The fraction of sp³-hybridized carbons (Fsp3) is 0.600. The fourth-order valence-electron chi connectivity index (χ4n) is 1.93. The minimum absolute atomic E-state index is 0.0406. The highest BCUT2D eigenvalue weighted by atomic mass is 16.5. The van der Waals surface area contributed by atoms with Gasteiger partial charge in [-0.05, 0) is 43.9 Å². The van der Waals surface area contributed by atoms with Crippen LogP contribution in [0.2, 0.25) is 0 Å². The van der Waals surface area contributed by atoms with Crippen molar-refractivity contribution in [1.29, 1.82) is 0 Å². The van der Waals surface area contributed by atoms with Crippen LogP contribution in [0, 0.1) is 0 Å². The van der Waals surface area contributed by atoms with Crippen LogP contribution in [0.5, 0.6) is 5.75 Å². The second kappa shape index (κ2) is 6.76. The van der Waals surface area contributed by atoms with Crippen molar-refractivity contribution in [3.8, 4) is 5.75 Å². The van der Waals surface area contributed by atoms with Crippen LogP contribution in [-0.2, 0) is 13.0 Å². The second-order valence-corrected chi connectivity index (χ2v) is 5.21. The van der Waals surface area contributed by atoms with E-state index in [1.807, 2.05) is 6.07 Å². The summed E-state index contributed by atoms with van der Waals surface area (Å²) in [6.07, 6.45) is 1.72. The minimum atomic E-state index is -0.0406. The summed E-state index contributed by atoms with van der Waals surface area (Å²) in [5.74, 6) is 0.955. The highest BCUT2D eigenvalue weighted by molar-refractivity contribution is 5.37. The lowest BCUT2D eigenvalue weighted by Crippen LogP contribution is -2.39. The molecule has 0 saturated heterocycles. The number of ether oxygens (including phenoxy) is 1. The summed E-state index contributed by atoms with van der Waals surface area (Å²) < 4.78 is 5.32. The summed E-state index contributed by atoms with van der Waals surface area (Å²) in [7, 11) is 1.71. The predicted octanol–water partition coefficient (Wildman–Crippen LogP) is 2.51. The number of methoxy groups -OCH3 is 1. The Bertz CT molecular complexity index is 375. The molecule has 0 aliphatic heterocycles. The third-order valence-corrected chi connectivity index (χ3v) is 3.23. The Labute approximate surface area is 110 Å². The molecule has 2 N–H and O–H groups in total. The number of nitrogens with one attached hydrogen (secondary N) is 1. The fourth-order valence-corrected chi connectivity index (χ4v) is 1.93. The molecule has 0 radical (unpaired) electrons. The number of aliphatic hydroxyl groups excluding tert-OH is 1. The number of hydrogen-bond acceptors (Lipinski definition) is 3. The molecule has 102 valence electrons. The summed E-state index contributed by atoms with van der Waals surface area (Å²) in [6, 6.07) is 6.29. The maximum absolute atomic E-state index is 8.99. The molecule has 0 aliphatic rings. The molecule has 1 rings (SSSR count). The van der Waals surface area contributed by atoms with E-state index < -0.39 is 0 Å². The van der Waals surface area contributed by atoms with E-state index in [1.165, 1.54) is 11.1 Å². The number of aryl methyl sites for hydroxylation is 1. The first-order valence-corrected chi connectivity index (χ1v) is 6.54. The Balaban J connectivity index is 2.68. The van der Waals surface area contributed by atoms with Crippen LogP contribution < -0.4 is 10.1 Å². The molecule has 0 aliphatic carbocycles. The molecular weight excluding hydrogens is 226 g/mol. The Morgan fingerprint density at radius 3 is 2.61 bits per heavy atom. The van der Waals surface area contributed by atoms with Gasteiger partial charge in [-0.3, -0.25) is 0 Å². The molecule has 0 atom stereocenters. The summed E-state index contributed by atoms with van der Waals surface area (Å²) in [5, 5.41) is 12.5. The molecule has 0 unspecified atom stereocenters. The molecule has 3 nitrogen and oxygen atoms in total. The van der Waals surface area contributed by atoms with E-state index in [0.29, 0.717) is 0 Å². The second-order valence-electron chi connectivity index (χ2n) is 5.21. The largest absolute Gasteiger partial charge is 0.496 e. The lowest BCUT2D eigenvalue weighted by Gasteiger charge is -2.25. The van der Waals surface area contributed by atoms with E-state index in [1.54, 1.807) is 7.11 Å². The summed E-state index contributed by atoms with van der Waals surface area (Å²) in [5.41, 5.74) is 2.44. The number of aliphatic hydroxyl groups is 1. The lowest BCUT2D eigenvalue weighted by atomic mass is 10.0. The summed E-state index contributed by atoms with van der Waals surface area (Å²) in [6.45, 7) is 7.36.